The van der Waals surface area contributed by atoms with Crippen LogP contribution in [0.2, 0.25) is 0 Å². The topological polar surface area (TPSA) is 82.2 Å². The number of H-pyrrole nitrogens is 1. The lowest BCUT2D eigenvalue weighted by Gasteiger charge is -2.23. The zero-order valence-electron chi connectivity index (χ0n) is 13.6. The molecule has 0 aliphatic heterocycles. The third kappa shape index (κ3) is 4.17. The number of rotatable bonds is 7. The summed E-state index contributed by atoms with van der Waals surface area (Å²) in [5, 5.41) is 11.9. The molecule has 118 valence electrons. The molecular weight excluding hydrogens is 268 g/mol. The number of aryl methyl sites for hydroxylation is 1. The number of aromatic nitrogens is 1. The summed E-state index contributed by atoms with van der Waals surface area (Å²) >= 11 is 0. The average molecular weight is 294 g/mol. The van der Waals surface area contributed by atoms with Gasteiger partial charge in [0.25, 0.3) is 5.91 Å². The summed E-state index contributed by atoms with van der Waals surface area (Å²) in [5.41, 5.74) is 2.44. The molecule has 0 aromatic carbocycles. The highest BCUT2D eigenvalue weighted by Crippen LogP contribution is 2.22. The van der Waals surface area contributed by atoms with Crippen molar-refractivity contribution in [3.8, 4) is 0 Å². The number of carbonyl (C=O) groups is 2. The van der Waals surface area contributed by atoms with Crippen LogP contribution in [0.1, 0.15) is 66.2 Å². The molecule has 0 radical (unpaired) electrons. The normalized spacial score (nSPS) is 11.5. The molecule has 0 saturated heterocycles. The molecular formula is C16H26N2O3. The van der Waals surface area contributed by atoms with E-state index < -0.39 is 0 Å². The minimum atomic E-state index is -0.200. The molecule has 3 N–H and O–H groups in total. The Bertz CT molecular complexity index is 530. The molecule has 1 aromatic heterocycles. The van der Waals surface area contributed by atoms with Gasteiger partial charge in [-0.05, 0) is 37.7 Å². The Morgan fingerprint density at radius 1 is 1.33 bits per heavy atom. The van der Waals surface area contributed by atoms with Gasteiger partial charge in [0.15, 0.2) is 5.78 Å². The maximum atomic E-state index is 12.3. The summed E-state index contributed by atoms with van der Waals surface area (Å²) in [6, 6.07) is 0. The summed E-state index contributed by atoms with van der Waals surface area (Å²) < 4.78 is 0. The van der Waals surface area contributed by atoms with Gasteiger partial charge in [-0.2, -0.15) is 0 Å². The van der Waals surface area contributed by atoms with E-state index in [1.54, 1.807) is 0 Å². The van der Waals surface area contributed by atoms with Crippen molar-refractivity contribution in [2.45, 2.75) is 47.5 Å². The number of nitrogens with one attached hydrogen (secondary N) is 2. The molecule has 5 heteroatoms. The Balaban J connectivity index is 2.94. The molecule has 1 rings (SSSR count). The van der Waals surface area contributed by atoms with E-state index in [1.165, 1.54) is 6.92 Å². The van der Waals surface area contributed by atoms with E-state index in [0.717, 1.165) is 11.3 Å². The Kier molecular flexibility index (Phi) is 5.72. The lowest BCUT2D eigenvalue weighted by atomic mass is 9.89. The van der Waals surface area contributed by atoms with Gasteiger partial charge in [-0.15, -0.1) is 0 Å². The highest BCUT2D eigenvalue weighted by molar-refractivity contribution is 6.02. The van der Waals surface area contributed by atoms with Gasteiger partial charge in [0, 0.05) is 24.4 Å². The number of aliphatic hydroxyl groups excluding tert-OH is 1. The van der Waals surface area contributed by atoms with Crippen LogP contribution in [-0.4, -0.2) is 34.9 Å². The van der Waals surface area contributed by atoms with Crippen LogP contribution in [-0.2, 0) is 6.42 Å². The Labute approximate surface area is 126 Å². The third-order valence-corrected chi connectivity index (χ3v) is 3.74. The number of hydrogen-bond donors (Lipinski definition) is 3. The number of ketones is 1. The predicted octanol–water partition coefficient (Wildman–Crippen LogP) is 2.23. The average Bonchev–Trinajstić information content (AvgIpc) is 2.72. The van der Waals surface area contributed by atoms with Gasteiger partial charge in [0.2, 0.25) is 0 Å². The summed E-state index contributed by atoms with van der Waals surface area (Å²) in [5.74, 6) is -0.228. The quantitative estimate of drug-likeness (QED) is 0.674. The van der Waals surface area contributed by atoms with E-state index in [4.69, 9.17) is 5.11 Å². The first kappa shape index (κ1) is 17.4. The van der Waals surface area contributed by atoms with Crippen molar-refractivity contribution in [2.24, 2.45) is 5.41 Å². The van der Waals surface area contributed by atoms with Crippen LogP contribution in [0.25, 0.3) is 0 Å². The van der Waals surface area contributed by atoms with E-state index in [0.29, 0.717) is 30.6 Å². The lowest BCUT2D eigenvalue weighted by molar-refractivity contribution is 0.0922. The predicted molar refractivity (Wildman–Crippen MR) is 82.7 cm³/mol. The number of carbonyl (C=O) groups excluding carboxylic acids is 2. The second kappa shape index (κ2) is 6.89. The van der Waals surface area contributed by atoms with E-state index in [9.17, 15) is 9.59 Å². The van der Waals surface area contributed by atoms with E-state index in [2.05, 4.69) is 10.3 Å². The minimum Gasteiger partial charge on any atom is -0.396 e. The highest BCUT2D eigenvalue weighted by atomic mass is 16.3. The van der Waals surface area contributed by atoms with Crippen molar-refractivity contribution in [3.63, 3.8) is 0 Å². The first-order chi connectivity index (χ1) is 9.73. The minimum absolute atomic E-state index is 0.0275. The van der Waals surface area contributed by atoms with Crippen molar-refractivity contribution in [2.75, 3.05) is 13.2 Å². The van der Waals surface area contributed by atoms with Crippen LogP contribution < -0.4 is 5.32 Å². The molecule has 0 spiro atoms. The van der Waals surface area contributed by atoms with E-state index in [-0.39, 0.29) is 23.7 Å². The molecule has 0 atom stereocenters. The van der Waals surface area contributed by atoms with Crippen molar-refractivity contribution in [1.82, 2.24) is 10.3 Å². The molecule has 5 nitrogen and oxygen atoms in total. The molecule has 1 aromatic rings. The number of hydrogen-bond acceptors (Lipinski definition) is 3. The largest absolute Gasteiger partial charge is 0.396 e. The van der Waals surface area contributed by atoms with Crippen molar-refractivity contribution in [1.29, 1.82) is 0 Å². The highest BCUT2D eigenvalue weighted by Gasteiger charge is 2.23. The second-order valence-electron chi connectivity index (χ2n) is 6.21. The lowest BCUT2D eigenvalue weighted by Crippen LogP contribution is -2.35. The summed E-state index contributed by atoms with van der Waals surface area (Å²) in [4.78, 5) is 27.1. The molecule has 0 unspecified atom stereocenters. The Hall–Kier alpha value is -1.62. The fourth-order valence-corrected chi connectivity index (χ4v) is 2.50. The van der Waals surface area contributed by atoms with Crippen molar-refractivity contribution < 1.29 is 14.7 Å². The van der Waals surface area contributed by atoms with Crippen LogP contribution in [0.3, 0.4) is 0 Å². The van der Waals surface area contributed by atoms with Gasteiger partial charge in [0.1, 0.15) is 5.69 Å². The van der Waals surface area contributed by atoms with Crippen molar-refractivity contribution >= 4 is 11.7 Å². The zero-order valence-corrected chi connectivity index (χ0v) is 13.6. The first-order valence-corrected chi connectivity index (χ1v) is 7.35. The SMILES string of the molecule is CCc1c(C(=O)NCC(C)(C)CCO)[nH]c(C)c1C(C)=O. The van der Waals surface area contributed by atoms with Gasteiger partial charge >= 0.3 is 0 Å². The summed E-state index contributed by atoms with van der Waals surface area (Å²) in [6.07, 6.45) is 1.25. The molecule has 0 fully saturated rings. The fraction of sp³-hybridized carbons (Fsp3) is 0.625. The van der Waals surface area contributed by atoms with Crippen molar-refractivity contribution in [3.05, 3.63) is 22.5 Å². The fourth-order valence-electron chi connectivity index (χ4n) is 2.50. The molecule has 0 bridgehead atoms. The molecule has 1 heterocycles. The smallest absolute Gasteiger partial charge is 0.268 e. The number of aromatic amines is 1. The molecule has 0 aliphatic carbocycles. The summed E-state index contributed by atoms with van der Waals surface area (Å²) in [7, 11) is 0. The van der Waals surface area contributed by atoms with Gasteiger partial charge in [-0.3, -0.25) is 9.59 Å². The third-order valence-electron chi connectivity index (χ3n) is 3.74. The van der Waals surface area contributed by atoms with E-state index >= 15 is 0 Å². The standard InChI is InChI=1S/C16H26N2O3/c1-6-12-13(11(3)20)10(2)18-14(12)15(21)17-9-16(4,5)7-8-19/h18-19H,6-9H2,1-5H3,(H,17,21). The van der Waals surface area contributed by atoms with Gasteiger partial charge < -0.3 is 15.4 Å². The number of Topliss-reactive ketones (excluding diaryl/α,β-unsaturated/α-hetero) is 1. The van der Waals surface area contributed by atoms with E-state index in [1.807, 2.05) is 27.7 Å². The molecule has 1 amide bonds. The van der Waals surface area contributed by atoms with Gasteiger partial charge in [-0.1, -0.05) is 20.8 Å². The monoisotopic (exact) mass is 294 g/mol. The number of aliphatic hydroxyl groups is 1. The first-order valence-electron chi connectivity index (χ1n) is 7.35. The van der Waals surface area contributed by atoms with Gasteiger partial charge in [0.05, 0.1) is 0 Å². The van der Waals surface area contributed by atoms with Crippen LogP contribution in [0.15, 0.2) is 0 Å². The second-order valence-corrected chi connectivity index (χ2v) is 6.21. The summed E-state index contributed by atoms with van der Waals surface area (Å²) in [6.45, 7) is 9.81. The Morgan fingerprint density at radius 3 is 2.43 bits per heavy atom. The maximum Gasteiger partial charge on any atom is 0.268 e. The van der Waals surface area contributed by atoms with Crippen LogP contribution in [0.4, 0.5) is 0 Å². The van der Waals surface area contributed by atoms with Crippen LogP contribution in [0, 0.1) is 12.3 Å². The Morgan fingerprint density at radius 2 is 1.95 bits per heavy atom. The van der Waals surface area contributed by atoms with Crippen LogP contribution in [0.5, 0.6) is 0 Å². The molecule has 21 heavy (non-hydrogen) atoms. The van der Waals surface area contributed by atoms with Gasteiger partial charge in [-0.25, -0.2) is 0 Å². The number of amides is 1. The molecule has 0 saturated carbocycles. The maximum absolute atomic E-state index is 12.3. The molecule has 0 aliphatic rings. The zero-order chi connectivity index (χ0) is 16.2. The van der Waals surface area contributed by atoms with Crippen LogP contribution >= 0.6 is 0 Å².